The van der Waals surface area contributed by atoms with Gasteiger partial charge in [0.05, 0.1) is 7.11 Å². The summed E-state index contributed by atoms with van der Waals surface area (Å²) in [5.41, 5.74) is 2.87. The van der Waals surface area contributed by atoms with Crippen LogP contribution in [0.15, 0.2) is 58.5 Å². The summed E-state index contributed by atoms with van der Waals surface area (Å²) in [5, 5.41) is 11.8. The number of thioether (sulfide) groups is 1. The second-order valence-electron chi connectivity index (χ2n) is 5.82. The normalized spacial score (nSPS) is 10.6. The van der Waals surface area contributed by atoms with Crippen molar-refractivity contribution in [1.82, 2.24) is 14.8 Å². The largest absolute Gasteiger partial charge is 0.497 e. The zero-order valence-electron chi connectivity index (χ0n) is 14.9. The van der Waals surface area contributed by atoms with E-state index in [9.17, 15) is 4.79 Å². The summed E-state index contributed by atoms with van der Waals surface area (Å²) >= 11 is 1.47. The van der Waals surface area contributed by atoms with Crippen LogP contribution < -0.4 is 15.6 Å². The molecule has 0 amide bonds. The van der Waals surface area contributed by atoms with Crippen molar-refractivity contribution in [3.8, 4) is 5.75 Å². The van der Waals surface area contributed by atoms with Crippen molar-refractivity contribution in [2.45, 2.75) is 17.8 Å². The molecule has 6 nitrogen and oxygen atoms in total. The van der Waals surface area contributed by atoms with Gasteiger partial charge >= 0.3 is 0 Å². The molecule has 0 bridgehead atoms. The van der Waals surface area contributed by atoms with Gasteiger partial charge in [-0.15, -0.1) is 10.2 Å². The lowest BCUT2D eigenvalue weighted by Crippen LogP contribution is -2.24. The quantitative estimate of drug-likeness (QED) is 0.671. The number of aromatic nitrogens is 3. The van der Waals surface area contributed by atoms with E-state index in [0.717, 1.165) is 22.6 Å². The van der Waals surface area contributed by atoms with Gasteiger partial charge in [0.2, 0.25) is 5.82 Å². The van der Waals surface area contributed by atoms with Gasteiger partial charge in [0.15, 0.2) is 5.16 Å². The van der Waals surface area contributed by atoms with Crippen molar-refractivity contribution in [1.29, 1.82) is 0 Å². The molecule has 0 spiro atoms. The minimum Gasteiger partial charge on any atom is -0.497 e. The van der Waals surface area contributed by atoms with Crippen LogP contribution in [0, 0.1) is 6.92 Å². The minimum atomic E-state index is -0.210. The molecule has 2 aromatic carbocycles. The number of hydrogen-bond donors (Lipinski definition) is 1. The molecule has 0 aliphatic carbocycles. The highest BCUT2D eigenvalue weighted by atomic mass is 32.2. The molecule has 0 radical (unpaired) electrons. The molecule has 0 aliphatic heterocycles. The summed E-state index contributed by atoms with van der Waals surface area (Å²) in [6.45, 7) is 2.01. The number of nitrogens with one attached hydrogen (secondary N) is 1. The lowest BCUT2D eigenvalue weighted by molar-refractivity contribution is 0.414. The van der Waals surface area contributed by atoms with Crippen molar-refractivity contribution >= 4 is 23.3 Å². The first-order valence-electron chi connectivity index (χ1n) is 8.10. The number of rotatable bonds is 6. The lowest BCUT2D eigenvalue weighted by atomic mass is 10.2. The molecule has 0 fully saturated rings. The fourth-order valence-corrected chi connectivity index (χ4v) is 3.16. The highest BCUT2D eigenvalue weighted by Crippen LogP contribution is 2.21. The predicted molar refractivity (Wildman–Crippen MR) is 104 cm³/mol. The van der Waals surface area contributed by atoms with E-state index in [-0.39, 0.29) is 11.4 Å². The summed E-state index contributed by atoms with van der Waals surface area (Å²) in [4.78, 5) is 12.5. The summed E-state index contributed by atoms with van der Waals surface area (Å²) < 4.78 is 6.67. The first kappa shape index (κ1) is 18.0. The Bertz CT molecular complexity index is 937. The van der Waals surface area contributed by atoms with Gasteiger partial charge in [-0.25, -0.2) is 0 Å². The van der Waals surface area contributed by atoms with E-state index in [1.54, 1.807) is 14.2 Å². The third-order valence-corrected chi connectivity index (χ3v) is 4.96. The van der Waals surface area contributed by atoms with E-state index >= 15 is 0 Å². The average Bonchev–Trinajstić information content (AvgIpc) is 2.67. The molecule has 0 saturated carbocycles. The van der Waals surface area contributed by atoms with Gasteiger partial charge in [-0.3, -0.25) is 9.36 Å². The fourth-order valence-electron chi connectivity index (χ4n) is 2.30. The number of aryl methyl sites for hydroxylation is 1. The molecule has 3 rings (SSSR count). The number of benzene rings is 2. The summed E-state index contributed by atoms with van der Waals surface area (Å²) in [6.07, 6.45) is 0. The van der Waals surface area contributed by atoms with E-state index in [0.29, 0.717) is 10.9 Å². The molecule has 3 aromatic rings. The number of hydrogen-bond acceptors (Lipinski definition) is 6. The second kappa shape index (κ2) is 8.05. The van der Waals surface area contributed by atoms with Crippen molar-refractivity contribution < 1.29 is 4.74 Å². The van der Waals surface area contributed by atoms with Crippen LogP contribution in [0.1, 0.15) is 11.1 Å². The van der Waals surface area contributed by atoms with Crippen molar-refractivity contribution in [2.24, 2.45) is 7.05 Å². The van der Waals surface area contributed by atoms with Crippen LogP contribution >= 0.6 is 11.8 Å². The third kappa shape index (κ3) is 4.23. The molecule has 0 atom stereocenters. The summed E-state index contributed by atoms with van der Waals surface area (Å²) in [6, 6.07) is 15.6. The van der Waals surface area contributed by atoms with E-state index < -0.39 is 0 Å². The van der Waals surface area contributed by atoms with Crippen LogP contribution in [0.4, 0.5) is 11.5 Å². The van der Waals surface area contributed by atoms with Gasteiger partial charge in [-0.1, -0.05) is 41.6 Å². The van der Waals surface area contributed by atoms with E-state index in [2.05, 4.69) is 15.5 Å². The second-order valence-corrected chi connectivity index (χ2v) is 6.77. The molecule has 7 heteroatoms. The Hall–Kier alpha value is -2.80. The van der Waals surface area contributed by atoms with Crippen LogP contribution in [0.2, 0.25) is 0 Å². The zero-order valence-corrected chi connectivity index (χ0v) is 15.7. The molecule has 0 aliphatic rings. The lowest BCUT2D eigenvalue weighted by Gasteiger charge is -2.09. The van der Waals surface area contributed by atoms with Gasteiger partial charge in [0, 0.05) is 18.5 Å². The number of ether oxygens (including phenoxy) is 1. The van der Waals surface area contributed by atoms with E-state index in [1.165, 1.54) is 16.3 Å². The van der Waals surface area contributed by atoms with Crippen LogP contribution in [0.3, 0.4) is 0 Å². The first-order valence-corrected chi connectivity index (χ1v) is 9.08. The molecular weight excluding hydrogens is 348 g/mol. The maximum absolute atomic E-state index is 12.5. The Morgan fingerprint density at radius 2 is 1.77 bits per heavy atom. The zero-order chi connectivity index (χ0) is 18.5. The monoisotopic (exact) mass is 368 g/mol. The summed E-state index contributed by atoms with van der Waals surface area (Å²) in [7, 11) is 3.34. The minimum absolute atomic E-state index is 0.210. The maximum Gasteiger partial charge on any atom is 0.297 e. The molecule has 1 heterocycles. The molecule has 1 N–H and O–H groups in total. The molecule has 26 heavy (non-hydrogen) atoms. The van der Waals surface area contributed by atoms with E-state index in [1.807, 2.05) is 55.5 Å². The van der Waals surface area contributed by atoms with Gasteiger partial charge in [-0.05, 0) is 36.8 Å². The highest BCUT2D eigenvalue weighted by molar-refractivity contribution is 7.98. The summed E-state index contributed by atoms with van der Waals surface area (Å²) in [5.74, 6) is 1.72. The van der Waals surface area contributed by atoms with Gasteiger partial charge in [0.1, 0.15) is 5.75 Å². The Balaban J connectivity index is 1.72. The van der Waals surface area contributed by atoms with Gasteiger partial charge in [0.25, 0.3) is 5.56 Å². The van der Waals surface area contributed by atoms with Gasteiger partial charge < -0.3 is 10.1 Å². The van der Waals surface area contributed by atoms with E-state index in [4.69, 9.17) is 4.74 Å². The van der Waals surface area contributed by atoms with Crippen molar-refractivity contribution in [2.75, 3.05) is 12.4 Å². The van der Waals surface area contributed by atoms with Crippen LogP contribution in [0.5, 0.6) is 5.75 Å². The number of anilines is 2. The third-order valence-electron chi connectivity index (χ3n) is 3.87. The average molecular weight is 368 g/mol. The smallest absolute Gasteiger partial charge is 0.297 e. The molecule has 134 valence electrons. The molecule has 0 unspecified atom stereocenters. The number of methoxy groups -OCH3 is 1. The van der Waals surface area contributed by atoms with Crippen molar-refractivity contribution in [3.05, 3.63) is 70.0 Å². The molecule has 1 aromatic heterocycles. The Morgan fingerprint density at radius 3 is 2.42 bits per heavy atom. The maximum atomic E-state index is 12.5. The van der Waals surface area contributed by atoms with Crippen molar-refractivity contribution in [3.63, 3.8) is 0 Å². The fraction of sp³-hybridized carbons (Fsp3) is 0.211. The van der Waals surface area contributed by atoms with Crippen LogP contribution in [0.25, 0.3) is 0 Å². The molecular formula is C19H20N4O2S. The van der Waals surface area contributed by atoms with Crippen LogP contribution in [-0.2, 0) is 12.8 Å². The van der Waals surface area contributed by atoms with Gasteiger partial charge in [-0.2, -0.15) is 0 Å². The Morgan fingerprint density at radius 1 is 1.08 bits per heavy atom. The Labute approximate surface area is 156 Å². The SMILES string of the molecule is COc1ccc(CSc2nnc(Nc3ccc(C)cc3)c(=O)n2C)cc1. The number of nitrogens with zero attached hydrogens (tertiary/aromatic N) is 3. The first-order chi connectivity index (χ1) is 12.6. The Kier molecular flexibility index (Phi) is 5.58. The molecule has 0 saturated heterocycles. The highest BCUT2D eigenvalue weighted by Gasteiger charge is 2.10. The standard InChI is InChI=1S/C19H20N4O2S/c1-13-4-8-15(9-5-13)20-17-18(24)23(2)19(22-21-17)26-12-14-6-10-16(25-3)11-7-14/h4-11H,12H2,1-3H3,(H,20,21). The van der Waals surface area contributed by atoms with Crippen LogP contribution in [-0.4, -0.2) is 21.9 Å². The predicted octanol–water partition coefficient (Wildman–Crippen LogP) is 3.53. The topological polar surface area (TPSA) is 69.0 Å².